The summed E-state index contributed by atoms with van der Waals surface area (Å²) < 4.78 is 0. The highest BCUT2D eigenvalue weighted by molar-refractivity contribution is 6.06. The Hall–Kier alpha value is -2.56. The molecule has 0 bridgehead atoms. The SMILES string of the molecule is Cc1cc(C(=O)NCC[C@H]2C=NC=N2)c2ccccc2n1. The Bertz CT molecular complexity index is 724. The van der Waals surface area contributed by atoms with E-state index in [9.17, 15) is 4.79 Å². The fourth-order valence-electron chi connectivity index (χ4n) is 2.37. The predicted octanol–water partition coefficient (Wildman–Crippen LogP) is 2.14. The van der Waals surface area contributed by atoms with Crippen LogP contribution in [0, 0.1) is 6.92 Å². The van der Waals surface area contributed by atoms with Crippen molar-refractivity contribution in [2.75, 3.05) is 6.54 Å². The quantitative estimate of drug-likeness (QED) is 0.932. The third-order valence-electron chi connectivity index (χ3n) is 3.40. The summed E-state index contributed by atoms with van der Waals surface area (Å²) in [5.74, 6) is -0.0735. The van der Waals surface area contributed by atoms with Crippen LogP contribution in [-0.4, -0.2) is 36.0 Å². The van der Waals surface area contributed by atoms with Crippen molar-refractivity contribution in [3.05, 3.63) is 41.6 Å². The van der Waals surface area contributed by atoms with Gasteiger partial charge in [0.05, 0.1) is 17.1 Å². The highest BCUT2D eigenvalue weighted by Crippen LogP contribution is 2.18. The molecule has 3 rings (SSSR count). The van der Waals surface area contributed by atoms with Gasteiger partial charge in [-0.15, -0.1) is 0 Å². The molecule has 21 heavy (non-hydrogen) atoms. The lowest BCUT2D eigenvalue weighted by molar-refractivity contribution is 0.0954. The summed E-state index contributed by atoms with van der Waals surface area (Å²) in [5.41, 5.74) is 2.35. The molecule has 0 saturated heterocycles. The highest BCUT2D eigenvalue weighted by atomic mass is 16.1. The van der Waals surface area contributed by atoms with E-state index >= 15 is 0 Å². The zero-order valence-corrected chi connectivity index (χ0v) is 11.8. The van der Waals surface area contributed by atoms with Crippen molar-refractivity contribution in [1.29, 1.82) is 0 Å². The Morgan fingerprint density at radius 1 is 1.33 bits per heavy atom. The molecular weight excluding hydrogens is 264 g/mol. The van der Waals surface area contributed by atoms with Crippen molar-refractivity contribution in [2.24, 2.45) is 9.98 Å². The third-order valence-corrected chi connectivity index (χ3v) is 3.40. The Labute approximate surface area is 122 Å². The Balaban J connectivity index is 1.74. The monoisotopic (exact) mass is 280 g/mol. The first kappa shape index (κ1) is 13.4. The number of aryl methyl sites for hydroxylation is 1. The lowest BCUT2D eigenvalue weighted by atomic mass is 10.1. The maximum Gasteiger partial charge on any atom is 0.252 e. The normalized spacial score (nSPS) is 16.5. The molecule has 0 aliphatic carbocycles. The standard InChI is InChI=1S/C16H16N4O/c1-11-8-14(13-4-2-3-5-15(13)20-11)16(21)18-7-6-12-9-17-10-19-12/h2-5,8-10,12H,6-7H2,1H3,(H,18,21)/t12-/m0/s1. The van der Waals surface area contributed by atoms with E-state index in [-0.39, 0.29) is 11.9 Å². The molecule has 0 spiro atoms. The number of aromatic nitrogens is 1. The Kier molecular flexibility index (Phi) is 3.73. The molecular formula is C16H16N4O. The maximum absolute atomic E-state index is 12.4. The summed E-state index contributed by atoms with van der Waals surface area (Å²) in [6.45, 7) is 2.47. The van der Waals surface area contributed by atoms with Gasteiger partial charge in [0.15, 0.2) is 0 Å². The molecule has 1 amide bonds. The number of benzene rings is 1. The highest BCUT2D eigenvalue weighted by Gasteiger charge is 2.12. The fraction of sp³-hybridized carbons (Fsp3) is 0.250. The number of fused-ring (bicyclic) bond motifs is 1. The van der Waals surface area contributed by atoms with Gasteiger partial charge in [-0.25, -0.2) is 4.99 Å². The van der Waals surface area contributed by atoms with Gasteiger partial charge in [-0.05, 0) is 25.5 Å². The topological polar surface area (TPSA) is 66.7 Å². The number of pyridine rings is 1. The molecule has 0 fully saturated rings. The van der Waals surface area contributed by atoms with Gasteiger partial charge in [-0.2, -0.15) is 0 Å². The van der Waals surface area contributed by atoms with Gasteiger partial charge in [-0.3, -0.25) is 14.8 Å². The molecule has 1 aliphatic rings. The molecule has 1 aliphatic heterocycles. The smallest absolute Gasteiger partial charge is 0.252 e. The minimum Gasteiger partial charge on any atom is -0.352 e. The van der Waals surface area contributed by atoms with Gasteiger partial charge in [0, 0.05) is 23.8 Å². The molecule has 2 heterocycles. The van der Waals surface area contributed by atoms with Crippen LogP contribution in [0.25, 0.3) is 10.9 Å². The molecule has 106 valence electrons. The molecule has 1 N–H and O–H groups in total. The Morgan fingerprint density at radius 3 is 3.00 bits per heavy atom. The second-order valence-corrected chi connectivity index (χ2v) is 5.00. The second-order valence-electron chi connectivity index (χ2n) is 5.00. The molecule has 1 aromatic carbocycles. The summed E-state index contributed by atoms with van der Waals surface area (Å²) in [6, 6.07) is 9.59. The second kappa shape index (κ2) is 5.83. The van der Waals surface area contributed by atoms with E-state index in [1.807, 2.05) is 37.3 Å². The zero-order valence-electron chi connectivity index (χ0n) is 11.8. The van der Waals surface area contributed by atoms with Crippen LogP contribution < -0.4 is 5.32 Å². The molecule has 5 heteroatoms. The number of para-hydroxylation sites is 1. The van der Waals surface area contributed by atoms with Crippen molar-refractivity contribution in [2.45, 2.75) is 19.4 Å². The summed E-state index contributed by atoms with van der Waals surface area (Å²) in [6.07, 6.45) is 4.10. The van der Waals surface area contributed by atoms with Gasteiger partial charge in [-0.1, -0.05) is 18.2 Å². The number of hydrogen-bond acceptors (Lipinski definition) is 4. The number of nitrogens with one attached hydrogen (secondary N) is 1. The van der Waals surface area contributed by atoms with E-state index in [1.165, 1.54) is 0 Å². The number of aliphatic imine (C=N–C) groups is 2. The molecule has 0 radical (unpaired) electrons. The summed E-state index contributed by atoms with van der Waals surface area (Å²) in [4.78, 5) is 24.9. The average molecular weight is 280 g/mol. The van der Waals surface area contributed by atoms with Crippen molar-refractivity contribution in [3.63, 3.8) is 0 Å². The van der Waals surface area contributed by atoms with Crippen LogP contribution in [0.4, 0.5) is 0 Å². The van der Waals surface area contributed by atoms with E-state index in [4.69, 9.17) is 0 Å². The molecule has 1 atom stereocenters. The van der Waals surface area contributed by atoms with E-state index in [1.54, 1.807) is 12.6 Å². The van der Waals surface area contributed by atoms with Crippen LogP contribution in [0.1, 0.15) is 22.5 Å². The van der Waals surface area contributed by atoms with Gasteiger partial charge in [0.1, 0.15) is 6.34 Å². The minimum absolute atomic E-state index is 0.0735. The first-order chi connectivity index (χ1) is 10.2. The van der Waals surface area contributed by atoms with Gasteiger partial charge in [0.25, 0.3) is 5.91 Å². The average Bonchev–Trinajstić information content (AvgIpc) is 2.99. The summed E-state index contributed by atoms with van der Waals surface area (Å²) in [5, 5.41) is 3.82. The van der Waals surface area contributed by atoms with Crippen LogP contribution in [0.5, 0.6) is 0 Å². The number of hydrogen-bond donors (Lipinski definition) is 1. The molecule has 1 aromatic heterocycles. The number of amides is 1. The lowest BCUT2D eigenvalue weighted by Gasteiger charge is -2.09. The first-order valence-electron chi connectivity index (χ1n) is 6.93. The van der Waals surface area contributed by atoms with Gasteiger partial charge in [0.2, 0.25) is 0 Å². The summed E-state index contributed by atoms with van der Waals surface area (Å²) in [7, 11) is 0. The van der Waals surface area contributed by atoms with Crippen LogP contribution >= 0.6 is 0 Å². The molecule has 5 nitrogen and oxygen atoms in total. The van der Waals surface area contributed by atoms with Crippen LogP contribution in [0.15, 0.2) is 40.3 Å². The zero-order chi connectivity index (χ0) is 14.7. The van der Waals surface area contributed by atoms with E-state index in [2.05, 4.69) is 20.3 Å². The Morgan fingerprint density at radius 2 is 2.19 bits per heavy atom. The van der Waals surface area contributed by atoms with Crippen LogP contribution in [-0.2, 0) is 0 Å². The number of carbonyl (C=O) groups is 1. The van der Waals surface area contributed by atoms with Crippen molar-refractivity contribution >= 4 is 29.4 Å². The maximum atomic E-state index is 12.4. The minimum atomic E-state index is -0.0735. The summed E-state index contributed by atoms with van der Waals surface area (Å²) >= 11 is 0. The van der Waals surface area contributed by atoms with E-state index in [0.717, 1.165) is 23.0 Å². The predicted molar refractivity (Wildman–Crippen MR) is 84.2 cm³/mol. The molecule has 0 unspecified atom stereocenters. The first-order valence-corrected chi connectivity index (χ1v) is 6.93. The molecule has 2 aromatic rings. The van der Waals surface area contributed by atoms with Gasteiger partial charge >= 0.3 is 0 Å². The van der Waals surface area contributed by atoms with Gasteiger partial charge < -0.3 is 5.32 Å². The third kappa shape index (κ3) is 2.97. The van der Waals surface area contributed by atoms with Crippen molar-refractivity contribution in [3.8, 4) is 0 Å². The largest absolute Gasteiger partial charge is 0.352 e. The van der Waals surface area contributed by atoms with E-state index in [0.29, 0.717) is 12.1 Å². The lowest BCUT2D eigenvalue weighted by Crippen LogP contribution is -2.27. The van der Waals surface area contributed by atoms with Crippen molar-refractivity contribution < 1.29 is 4.79 Å². The van der Waals surface area contributed by atoms with Crippen LogP contribution in [0.2, 0.25) is 0 Å². The van der Waals surface area contributed by atoms with E-state index < -0.39 is 0 Å². The molecule has 0 saturated carbocycles. The fourth-order valence-corrected chi connectivity index (χ4v) is 2.37. The number of nitrogens with zero attached hydrogens (tertiary/aromatic N) is 3. The van der Waals surface area contributed by atoms with Crippen molar-refractivity contribution in [1.82, 2.24) is 10.3 Å². The number of rotatable bonds is 4. The van der Waals surface area contributed by atoms with Crippen LogP contribution in [0.3, 0.4) is 0 Å². The number of carbonyl (C=O) groups excluding carboxylic acids is 1.